The first-order valence-electron chi connectivity index (χ1n) is 9.60. The Morgan fingerprint density at radius 3 is 2.52 bits per heavy atom. The van der Waals surface area contributed by atoms with Crippen molar-refractivity contribution in [1.82, 2.24) is 9.97 Å². The van der Waals surface area contributed by atoms with Gasteiger partial charge in [0.25, 0.3) is 5.91 Å². The number of nitrogens with one attached hydrogen (secondary N) is 1. The number of pyridine rings is 2. The van der Waals surface area contributed by atoms with E-state index >= 15 is 0 Å². The van der Waals surface area contributed by atoms with Gasteiger partial charge in [0.1, 0.15) is 23.2 Å². The highest BCUT2D eigenvalue weighted by Crippen LogP contribution is 2.38. The molecule has 0 fully saturated rings. The van der Waals surface area contributed by atoms with Crippen molar-refractivity contribution in [2.75, 3.05) is 5.32 Å². The number of alkyl halides is 3. The number of amidine groups is 1. The molecule has 170 valence electrons. The first kappa shape index (κ1) is 22.3. The van der Waals surface area contributed by atoms with Crippen LogP contribution in [0.3, 0.4) is 0 Å². The van der Waals surface area contributed by atoms with Gasteiger partial charge in [-0.15, -0.1) is 0 Å². The summed E-state index contributed by atoms with van der Waals surface area (Å²) in [5.74, 6) is -2.05. The lowest BCUT2D eigenvalue weighted by Crippen LogP contribution is -2.35. The molecule has 1 aromatic carbocycles. The van der Waals surface area contributed by atoms with Crippen LogP contribution in [-0.4, -0.2) is 21.7 Å². The van der Waals surface area contributed by atoms with E-state index in [2.05, 4.69) is 20.3 Å². The Hall–Kier alpha value is -3.89. The van der Waals surface area contributed by atoms with Crippen molar-refractivity contribution in [2.45, 2.75) is 25.1 Å². The van der Waals surface area contributed by atoms with Crippen molar-refractivity contribution >= 4 is 17.4 Å². The number of benzene rings is 1. The molecular formula is C22H16F5N5O. The van der Waals surface area contributed by atoms with Crippen LogP contribution in [0, 0.1) is 11.6 Å². The van der Waals surface area contributed by atoms with Gasteiger partial charge in [-0.2, -0.15) is 13.2 Å². The Bertz CT molecular complexity index is 1270. The molecule has 3 heterocycles. The Kier molecular flexibility index (Phi) is 5.35. The Labute approximate surface area is 184 Å². The van der Waals surface area contributed by atoms with Gasteiger partial charge in [-0.25, -0.2) is 8.78 Å². The van der Waals surface area contributed by atoms with Crippen molar-refractivity contribution in [2.24, 2.45) is 10.7 Å². The maximum Gasteiger partial charge on any atom is 0.417 e. The Balaban J connectivity index is 1.63. The molecular weight excluding hydrogens is 445 g/mol. The number of anilines is 1. The van der Waals surface area contributed by atoms with Crippen LogP contribution in [0.25, 0.3) is 0 Å². The van der Waals surface area contributed by atoms with Crippen LogP contribution in [0.2, 0.25) is 0 Å². The molecule has 4 rings (SSSR count). The maximum atomic E-state index is 14.8. The van der Waals surface area contributed by atoms with E-state index in [1.54, 1.807) is 6.92 Å². The fourth-order valence-electron chi connectivity index (χ4n) is 3.63. The normalized spacial score (nSPS) is 17.8. The van der Waals surface area contributed by atoms with E-state index in [-0.39, 0.29) is 34.8 Å². The molecule has 0 bridgehead atoms. The van der Waals surface area contributed by atoms with Crippen LogP contribution in [-0.2, 0) is 18.1 Å². The zero-order chi connectivity index (χ0) is 24.0. The van der Waals surface area contributed by atoms with Crippen LogP contribution in [0.5, 0.6) is 0 Å². The number of carbonyl (C=O) groups is 1. The van der Waals surface area contributed by atoms with Gasteiger partial charge in [0.05, 0.1) is 17.3 Å². The van der Waals surface area contributed by atoms with E-state index in [9.17, 15) is 26.7 Å². The van der Waals surface area contributed by atoms with Crippen molar-refractivity contribution in [3.05, 3.63) is 88.5 Å². The minimum atomic E-state index is -4.58. The second-order valence-electron chi connectivity index (χ2n) is 7.67. The largest absolute Gasteiger partial charge is 0.417 e. The second-order valence-corrected chi connectivity index (χ2v) is 7.67. The van der Waals surface area contributed by atoms with Crippen molar-refractivity contribution < 1.29 is 26.7 Å². The molecule has 1 amide bonds. The quantitative estimate of drug-likeness (QED) is 0.572. The molecule has 1 atom stereocenters. The van der Waals surface area contributed by atoms with E-state index in [1.165, 1.54) is 18.3 Å². The summed E-state index contributed by atoms with van der Waals surface area (Å²) in [6.45, 7) is 1.57. The Morgan fingerprint density at radius 1 is 1.09 bits per heavy atom. The standard InChI is InChI=1S/C22H16F5N5O/c1-21(7-13-14(19(28)32-21)9-29-10-17(13)24)15-6-12(3-4-16(15)23)31-20(33)18-5-2-11(8-30-18)22(25,26)27/h2-6,8-10H,7H2,1H3,(H2,28,32)(H,31,33). The van der Waals surface area contributed by atoms with Crippen LogP contribution < -0.4 is 11.1 Å². The summed E-state index contributed by atoms with van der Waals surface area (Å²) in [5, 5.41) is 2.47. The summed E-state index contributed by atoms with van der Waals surface area (Å²) in [6.07, 6.45) is -1.64. The number of halogens is 5. The van der Waals surface area contributed by atoms with Gasteiger partial charge in [0.15, 0.2) is 0 Å². The minimum absolute atomic E-state index is 0.00598. The molecule has 0 aliphatic carbocycles. The predicted molar refractivity (Wildman–Crippen MR) is 110 cm³/mol. The molecule has 2 aromatic heterocycles. The van der Waals surface area contributed by atoms with E-state index in [4.69, 9.17) is 5.73 Å². The average Bonchev–Trinajstić information content (AvgIpc) is 2.75. The summed E-state index contributed by atoms with van der Waals surface area (Å²) in [6, 6.07) is 5.36. The van der Waals surface area contributed by atoms with Crippen LogP contribution >= 0.6 is 0 Å². The fraction of sp³-hybridized carbons (Fsp3) is 0.182. The molecule has 33 heavy (non-hydrogen) atoms. The smallest absolute Gasteiger partial charge is 0.383 e. The molecule has 1 aliphatic rings. The highest BCUT2D eigenvalue weighted by Gasteiger charge is 2.36. The van der Waals surface area contributed by atoms with Gasteiger partial charge in [0, 0.05) is 41.2 Å². The van der Waals surface area contributed by atoms with Gasteiger partial charge >= 0.3 is 6.18 Å². The predicted octanol–water partition coefficient (Wildman–Crippen LogP) is 4.20. The van der Waals surface area contributed by atoms with Crippen molar-refractivity contribution in [3.8, 4) is 0 Å². The molecule has 0 saturated heterocycles. The average molecular weight is 461 g/mol. The number of aliphatic imine (C=N–C) groups is 1. The number of carbonyl (C=O) groups excluding carboxylic acids is 1. The number of nitrogens with two attached hydrogens (primary N) is 1. The molecule has 11 heteroatoms. The van der Waals surface area contributed by atoms with E-state index in [0.717, 1.165) is 24.4 Å². The number of nitrogens with zero attached hydrogens (tertiary/aromatic N) is 3. The summed E-state index contributed by atoms with van der Waals surface area (Å²) in [7, 11) is 0. The van der Waals surface area contributed by atoms with Crippen molar-refractivity contribution in [1.29, 1.82) is 0 Å². The number of aromatic nitrogens is 2. The minimum Gasteiger partial charge on any atom is -0.383 e. The first-order valence-corrected chi connectivity index (χ1v) is 9.60. The molecule has 3 aromatic rings. The van der Waals surface area contributed by atoms with Gasteiger partial charge < -0.3 is 11.1 Å². The van der Waals surface area contributed by atoms with E-state index in [0.29, 0.717) is 11.8 Å². The molecule has 0 saturated carbocycles. The van der Waals surface area contributed by atoms with E-state index < -0.39 is 34.8 Å². The lowest BCUT2D eigenvalue weighted by Gasteiger charge is -2.32. The number of hydrogen-bond donors (Lipinski definition) is 2. The Morgan fingerprint density at radius 2 is 1.85 bits per heavy atom. The van der Waals surface area contributed by atoms with E-state index in [1.807, 2.05) is 0 Å². The number of rotatable bonds is 3. The third kappa shape index (κ3) is 4.26. The van der Waals surface area contributed by atoms with Gasteiger partial charge in [0.2, 0.25) is 0 Å². The zero-order valence-electron chi connectivity index (χ0n) is 17.0. The zero-order valence-corrected chi connectivity index (χ0v) is 17.0. The fourth-order valence-corrected chi connectivity index (χ4v) is 3.63. The highest BCUT2D eigenvalue weighted by molar-refractivity contribution is 6.03. The van der Waals surface area contributed by atoms with Crippen LogP contribution in [0.15, 0.2) is 53.9 Å². The first-order chi connectivity index (χ1) is 15.5. The molecule has 0 radical (unpaired) electrons. The van der Waals surface area contributed by atoms with Gasteiger partial charge in [-0.05, 0) is 37.3 Å². The van der Waals surface area contributed by atoms with Crippen LogP contribution in [0.1, 0.15) is 39.7 Å². The summed E-state index contributed by atoms with van der Waals surface area (Å²) in [5.41, 5.74) is 4.20. The highest BCUT2D eigenvalue weighted by atomic mass is 19.4. The molecule has 3 N–H and O–H groups in total. The number of fused-ring (bicyclic) bond motifs is 1. The van der Waals surface area contributed by atoms with Crippen molar-refractivity contribution in [3.63, 3.8) is 0 Å². The molecule has 6 nitrogen and oxygen atoms in total. The monoisotopic (exact) mass is 461 g/mol. The summed E-state index contributed by atoms with van der Waals surface area (Å²) < 4.78 is 67.2. The number of amides is 1. The third-order valence-electron chi connectivity index (χ3n) is 5.30. The second kappa shape index (κ2) is 7.91. The topological polar surface area (TPSA) is 93.3 Å². The summed E-state index contributed by atoms with van der Waals surface area (Å²) >= 11 is 0. The lowest BCUT2D eigenvalue weighted by atomic mass is 9.82. The van der Waals surface area contributed by atoms with Gasteiger partial charge in [-0.3, -0.25) is 19.8 Å². The third-order valence-corrected chi connectivity index (χ3v) is 5.30. The SMILES string of the molecule is CC1(c2cc(NC(=O)c3ccc(C(F)(F)F)cn3)ccc2F)Cc2c(F)cncc2C(N)=N1. The molecule has 1 unspecified atom stereocenters. The number of hydrogen-bond acceptors (Lipinski definition) is 5. The van der Waals surface area contributed by atoms with Gasteiger partial charge in [-0.1, -0.05) is 0 Å². The summed E-state index contributed by atoms with van der Waals surface area (Å²) in [4.78, 5) is 24.1. The van der Waals surface area contributed by atoms with Crippen LogP contribution in [0.4, 0.5) is 27.6 Å². The molecule has 1 aliphatic heterocycles. The maximum absolute atomic E-state index is 14.8. The molecule has 0 spiro atoms. The lowest BCUT2D eigenvalue weighted by molar-refractivity contribution is -0.137.